The lowest BCUT2D eigenvalue weighted by Gasteiger charge is -2.31. The number of halogens is 1. The molecule has 0 radical (unpaired) electrons. The second-order valence-corrected chi connectivity index (χ2v) is 7.79. The molecule has 1 saturated heterocycles. The van der Waals surface area contributed by atoms with Gasteiger partial charge in [-0.3, -0.25) is 15.0 Å². The molecule has 0 aliphatic carbocycles. The molecule has 2 aromatic carbocycles. The summed E-state index contributed by atoms with van der Waals surface area (Å²) >= 11 is 5.89. The Morgan fingerprint density at radius 1 is 1.17 bits per heavy atom. The number of carbonyl (C=O) groups excluding carboxylic acids is 2. The van der Waals surface area contributed by atoms with Crippen LogP contribution in [0.5, 0.6) is 0 Å². The van der Waals surface area contributed by atoms with E-state index >= 15 is 0 Å². The molecule has 4 rings (SSSR count). The van der Waals surface area contributed by atoms with Gasteiger partial charge in [0.05, 0.1) is 17.5 Å². The van der Waals surface area contributed by atoms with Crippen molar-refractivity contribution in [3.05, 3.63) is 59.4 Å². The summed E-state index contributed by atoms with van der Waals surface area (Å²) in [4.78, 5) is 34.1. The lowest BCUT2D eigenvalue weighted by Crippen LogP contribution is -2.38. The van der Waals surface area contributed by atoms with Gasteiger partial charge in [-0.2, -0.15) is 0 Å². The summed E-state index contributed by atoms with van der Waals surface area (Å²) in [6.45, 7) is 2.54. The Morgan fingerprint density at radius 3 is 2.70 bits per heavy atom. The predicted octanol–water partition coefficient (Wildman–Crippen LogP) is 4.36. The molecule has 1 aliphatic rings. The standard InChI is InChI=1S/C22H23ClN4O3/c23-17-6-4-15(5-7-17)21(28)16-8-10-27(11-9-16)12-13-30-22(29)26-19-3-1-2-18-20(19)25-14-24-18/h1-7,14,16H,8-13H2,(H,24,25)(H,26,29). The minimum absolute atomic E-state index is 0.0287. The smallest absolute Gasteiger partial charge is 0.411 e. The van der Waals surface area contributed by atoms with E-state index in [2.05, 4.69) is 20.2 Å². The van der Waals surface area contributed by atoms with Crippen molar-refractivity contribution in [2.45, 2.75) is 12.8 Å². The number of aromatic amines is 1. The van der Waals surface area contributed by atoms with Gasteiger partial charge >= 0.3 is 6.09 Å². The molecule has 2 N–H and O–H groups in total. The van der Waals surface area contributed by atoms with Crippen LogP contribution in [0.1, 0.15) is 23.2 Å². The van der Waals surface area contributed by atoms with Crippen molar-refractivity contribution in [3.63, 3.8) is 0 Å². The number of anilines is 1. The van der Waals surface area contributed by atoms with E-state index in [0.717, 1.165) is 31.4 Å². The maximum Gasteiger partial charge on any atom is 0.411 e. The van der Waals surface area contributed by atoms with Crippen molar-refractivity contribution < 1.29 is 14.3 Å². The topological polar surface area (TPSA) is 87.3 Å². The van der Waals surface area contributed by atoms with Crippen LogP contribution in [0, 0.1) is 5.92 Å². The first-order chi connectivity index (χ1) is 14.6. The number of H-pyrrole nitrogens is 1. The zero-order valence-electron chi connectivity index (χ0n) is 16.4. The lowest BCUT2D eigenvalue weighted by molar-refractivity contribution is 0.0813. The van der Waals surface area contributed by atoms with Crippen LogP contribution in [0.25, 0.3) is 11.0 Å². The third kappa shape index (κ3) is 4.80. The minimum atomic E-state index is -0.502. The van der Waals surface area contributed by atoms with Gasteiger partial charge in [0.15, 0.2) is 5.78 Å². The molecule has 1 aromatic heterocycles. The number of likely N-dealkylation sites (tertiary alicyclic amines) is 1. The quantitative estimate of drug-likeness (QED) is 0.572. The highest BCUT2D eigenvalue weighted by Gasteiger charge is 2.25. The van der Waals surface area contributed by atoms with Gasteiger partial charge < -0.3 is 9.72 Å². The van der Waals surface area contributed by atoms with E-state index in [-0.39, 0.29) is 18.3 Å². The van der Waals surface area contributed by atoms with Crippen LogP contribution in [-0.4, -0.2) is 53.0 Å². The number of carbonyl (C=O) groups is 2. The Hall–Kier alpha value is -2.90. The molecule has 0 saturated carbocycles. The maximum atomic E-state index is 12.6. The van der Waals surface area contributed by atoms with Gasteiger partial charge in [0.1, 0.15) is 12.1 Å². The molecule has 1 amide bonds. The Balaban J connectivity index is 1.19. The molecule has 0 atom stereocenters. The highest BCUT2D eigenvalue weighted by Crippen LogP contribution is 2.23. The second-order valence-electron chi connectivity index (χ2n) is 7.35. The molecular formula is C22H23ClN4O3. The Morgan fingerprint density at radius 2 is 1.93 bits per heavy atom. The summed E-state index contributed by atoms with van der Waals surface area (Å²) in [5.41, 5.74) is 2.87. The summed E-state index contributed by atoms with van der Waals surface area (Å²) < 4.78 is 5.32. The van der Waals surface area contributed by atoms with Crippen LogP contribution in [0.4, 0.5) is 10.5 Å². The number of nitrogens with zero attached hydrogens (tertiary/aromatic N) is 2. The molecule has 0 spiro atoms. The number of imidazole rings is 1. The average molecular weight is 427 g/mol. The molecule has 156 valence electrons. The van der Waals surface area contributed by atoms with Gasteiger partial charge in [0.25, 0.3) is 0 Å². The third-order valence-corrected chi connectivity index (χ3v) is 5.67. The Bertz CT molecular complexity index is 1030. The molecule has 1 fully saturated rings. The number of para-hydroxylation sites is 1. The van der Waals surface area contributed by atoms with E-state index in [4.69, 9.17) is 16.3 Å². The molecule has 0 unspecified atom stereocenters. The fourth-order valence-electron chi connectivity index (χ4n) is 3.75. The van der Waals surface area contributed by atoms with Gasteiger partial charge in [0, 0.05) is 23.0 Å². The zero-order chi connectivity index (χ0) is 20.9. The van der Waals surface area contributed by atoms with E-state index in [1.165, 1.54) is 0 Å². The van der Waals surface area contributed by atoms with E-state index in [1.807, 2.05) is 12.1 Å². The van der Waals surface area contributed by atoms with Gasteiger partial charge in [-0.1, -0.05) is 17.7 Å². The van der Waals surface area contributed by atoms with Crippen LogP contribution >= 0.6 is 11.6 Å². The first-order valence-corrected chi connectivity index (χ1v) is 10.4. The van der Waals surface area contributed by atoms with Crippen molar-refractivity contribution in [1.82, 2.24) is 14.9 Å². The summed E-state index contributed by atoms with van der Waals surface area (Å²) in [6, 6.07) is 12.6. The van der Waals surface area contributed by atoms with E-state index < -0.39 is 6.09 Å². The van der Waals surface area contributed by atoms with Crippen LogP contribution < -0.4 is 5.32 Å². The van der Waals surface area contributed by atoms with Crippen LogP contribution in [0.2, 0.25) is 5.02 Å². The van der Waals surface area contributed by atoms with Crippen molar-refractivity contribution in [1.29, 1.82) is 0 Å². The third-order valence-electron chi connectivity index (χ3n) is 5.41. The van der Waals surface area contributed by atoms with Crippen LogP contribution in [0.3, 0.4) is 0 Å². The molecular weight excluding hydrogens is 404 g/mol. The van der Waals surface area contributed by atoms with E-state index in [9.17, 15) is 9.59 Å². The van der Waals surface area contributed by atoms with Crippen molar-refractivity contribution >= 4 is 40.2 Å². The minimum Gasteiger partial charge on any atom is -0.448 e. The first kappa shape index (κ1) is 20.4. The summed E-state index contributed by atoms with van der Waals surface area (Å²) in [7, 11) is 0. The number of ether oxygens (including phenoxy) is 1. The number of hydrogen-bond acceptors (Lipinski definition) is 5. The summed E-state index contributed by atoms with van der Waals surface area (Å²) in [5.74, 6) is 0.204. The number of benzene rings is 2. The van der Waals surface area contributed by atoms with E-state index in [1.54, 1.807) is 36.7 Å². The molecule has 3 aromatic rings. The highest BCUT2D eigenvalue weighted by molar-refractivity contribution is 6.30. The van der Waals surface area contributed by atoms with Gasteiger partial charge in [-0.05, 0) is 62.3 Å². The van der Waals surface area contributed by atoms with Crippen LogP contribution in [-0.2, 0) is 4.74 Å². The number of piperidine rings is 1. The number of rotatable bonds is 6. The van der Waals surface area contributed by atoms with E-state index in [0.29, 0.717) is 28.3 Å². The largest absolute Gasteiger partial charge is 0.448 e. The molecule has 1 aliphatic heterocycles. The Kier molecular flexibility index (Phi) is 6.30. The molecule has 8 heteroatoms. The lowest BCUT2D eigenvalue weighted by atomic mass is 9.89. The second kappa shape index (κ2) is 9.28. The summed E-state index contributed by atoms with van der Waals surface area (Å²) in [5, 5.41) is 3.37. The number of fused-ring (bicyclic) bond motifs is 1. The first-order valence-electron chi connectivity index (χ1n) is 9.98. The number of nitrogens with one attached hydrogen (secondary N) is 2. The van der Waals surface area contributed by atoms with Crippen LogP contribution in [0.15, 0.2) is 48.8 Å². The molecule has 2 heterocycles. The zero-order valence-corrected chi connectivity index (χ0v) is 17.2. The van der Waals surface area contributed by atoms with Gasteiger partial charge in [-0.25, -0.2) is 9.78 Å². The van der Waals surface area contributed by atoms with Crippen molar-refractivity contribution in [3.8, 4) is 0 Å². The fraction of sp³-hybridized carbons (Fsp3) is 0.318. The average Bonchev–Trinajstić information content (AvgIpc) is 3.24. The number of Topliss-reactive ketones (excluding diaryl/α,β-unsaturated/α-hetero) is 1. The molecule has 0 bridgehead atoms. The number of ketones is 1. The normalized spacial score (nSPS) is 15.2. The fourth-order valence-corrected chi connectivity index (χ4v) is 3.87. The van der Waals surface area contributed by atoms with Gasteiger partial charge in [-0.15, -0.1) is 0 Å². The SMILES string of the molecule is O=C(Nc1cccc2[nH]cnc12)OCCN1CCC(C(=O)c2ccc(Cl)cc2)CC1. The number of aromatic nitrogens is 2. The monoisotopic (exact) mass is 426 g/mol. The highest BCUT2D eigenvalue weighted by atomic mass is 35.5. The Labute approximate surface area is 179 Å². The molecule has 7 nitrogen and oxygen atoms in total. The predicted molar refractivity (Wildman–Crippen MR) is 116 cm³/mol. The number of amides is 1. The van der Waals surface area contributed by atoms with Crippen molar-refractivity contribution in [2.24, 2.45) is 5.92 Å². The summed E-state index contributed by atoms with van der Waals surface area (Å²) in [6.07, 6.45) is 2.69. The van der Waals surface area contributed by atoms with Gasteiger partial charge in [0.2, 0.25) is 0 Å². The van der Waals surface area contributed by atoms with Crippen molar-refractivity contribution in [2.75, 3.05) is 31.6 Å². The molecule has 30 heavy (non-hydrogen) atoms. The number of hydrogen-bond donors (Lipinski definition) is 2. The maximum absolute atomic E-state index is 12.6.